The summed E-state index contributed by atoms with van der Waals surface area (Å²) in [5.74, 6) is 0. The fourth-order valence-electron chi connectivity index (χ4n) is 0.707. The van der Waals surface area contributed by atoms with Crippen molar-refractivity contribution in [3.05, 3.63) is 23.5 Å². The van der Waals surface area contributed by atoms with Crippen molar-refractivity contribution in [2.75, 3.05) is 0 Å². The highest BCUT2D eigenvalue weighted by atomic mass is 15.1. The van der Waals surface area contributed by atoms with E-state index in [9.17, 15) is 0 Å². The number of nitrogens with one attached hydrogen (secondary N) is 1. The van der Waals surface area contributed by atoms with Crippen LogP contribution < -0.4 is 0 Å². The first-order valence-corrected chi connectivity index (χ1v) is 2.97. The third kappa shape index (κ3) is 1.42. The van der Waals surface area contributed by atoms with Crippen molar-refractivity contribution in [3.63, 3.8) is 0 Å². The fourth-order valence-corrected chi connectivity index (χ4v) is 0.707. The van der Waals surface area contributed by atoms with Crippen molar-refractivity contribution < 1.29 is 0 Å². The first-order chi connectivity index (χ1) is 4.33. The highest BCUT2D eigenvalue weighted by Crippen LogP contribution is 1.98. The largest absolute Gasteiger partial charge is 0.278 e. The first-order valence-electron chi connectivity index (χ1n) is 2.97. The van der Waals surface area contributed by atoms with Crippen LogP contribution in [0.1, 0.15) is 18.3 Å². The predicted molar refractivity (Wildman–Crippen MR) is 38.0 cm³/mol. The Kier molecular flexibility index (Phi) is 1.68. The summed E-state index contributed by atoms with van der Waals surface area (Å²) in [6.45, 7) is 3.94. The molecule has 1 aromatic heterocycles. The van der Waals surface area contributed by atoms with E-state index in [2.05, 4.69) is 10.2 Å². The number of hydrogen-bond acceptors (Lipinski definition) is 1. The van der Waals surface area contributed by atoms with E-state index in [0.717, 1.165) is 11.4 Å². The number of aromatic nitrogens is 2. The Bertz CT molecular complexity index is 210. The lowest BCUT2D eigenvalue weighted by atomic mass is 10.3. The summed E-state index contributed by atoms with van der Waals surface area (Å²) in [7, 11) is 0. The second kappa shape index (κ2) is 2.49. The monoisotopic (exact) mass is 122 g/mol. The fraction of sp³-hybridized carbons (Fsp3) is 0.286. The van der Waals surface area contributed by atoms with E-state index < -0.39 is 0 Å². The summed E-state index contributed by atoms with van der Waals surface area (Å²) in [4.78, 5) is 0. The topological polar surface area (TPSA) is 28.7 Å². The van der Waals surface area contributed by atoms with Gasteiger partial charge in [-0.05, 0) is 26.0 Å². The van der Waals surface area contributed by atoms with Crippen LogP contribution in [0.5, 0.6) is 0 Å². The molecule has 0 amide bonds. The zero-order valence-corrected chi connectivity index (χ0v) is 5.68. The Morgan fingerprint density at radius 1 is 1.67 bits per heavy atom. The van der Waals surface area contributed by atoms with Crippen LogP contribution in [-0.2, 0) is 0 Å². The molecule has 0 aromatic carbocycles. The van der Waals surface area contributed by atoms with Gasteiger partial charge in [0.2, 0.25) is 0 Å². The second-order valence-electron chi connectivity index (χ2n) is 1.96. The zero-order chi connectivity index (χ0) is 6.69. The molecule has 0 radical (unpaired) electrons. The number of aryl methyl sites for hydroxylation is 1. The van der Waals surface area contributed by atoms with Crippen LogP contribution in [0.25, 0.3) is 6.08 Å². The summed E-state index contributed by atoms with van der Waals surface area (Å²) in [6, 6.07) is 2.00. The van der Waals surface area contributed by atoms with Gasteiger partial charge in [0.1, 0.15) is 0 Å². The second-order valence-corrected chi connectivity index (χ2v) is 1.96. The molecule has 48 valence electrons. The molecule has 1 N–H and O–H groups in total. The Morgan fingerprint density at radius 2 is 2.44 bits per heavy atom. The lowest BCUT2D eigenvalue weighted by molar-refractivity contribution is 1.04. The van der Waals surface area contributed by atoms with Crippen LogP contribution >= 0.6 is 0 Å². The molecule has 0 unspecified atom stereocenters. The molecule has 0 bridgehead atoms. The van der Waals surface area contributed by atoms with Crippen LogP contribution in [0.3, 0.4) is 0 Å². The van der Waals surface area contributed by atoms with E-state index in [0.29, 0.717) is 0 Å². The molecule has 0 aliphatic carbocycles. The van der Waals surface area contributed by atoms with Gasteiger partial charge in [-0.15, -0.1) is 0 Å². The lowest BCUT2D eigenvalue weighted by Gasteiger charge is -1.76. The normalized spacial score (nSPS) is 10.9. The van der Waals surface area contributed by atoms with E-state index >= 15 is 0 Å². The van der Waals surface area contributed by atoms with Gasteiger partial charge < -0.3 is 0 Å². The number of allylic oxidation sites excluding steroid dienone is 1. The van der Waals surface area contributed by atoms with E-state index in [-0.39, 0.29) is 0 Å². The molecule has 0 aliphatic heterocycles. The van der Waals surface area contributed by atoms with Crippen LogP contribution in [0.4, 0.5) is 0 Å². The maximum atomic E-state index is 3.96. The molecular formula is C7H10N2. The number of hydrogen-bond donors (Lipinski definition) is 1. The van der Waals surface area contributed by atoms with Crippen LogP contribution in [-0.4, -0.2) is 10.2 Å². The molecule has 0 aliphatic rings. The minimum Gasteiger partial charge on any atom is -0.278 e. The SMILES string of the molecule is C/C=C/c1cc(C)n[nH]1. The highest BCUT2D eigenvalue weighted by molar-refractivity contribution is 5.43. The van der Waals surface area contributed by atoms with E-state index in [4.69, 9.17) is 0 Å². The van der Waals surface area contributed by atoms with Gasteiger partial charge in [-0.2, -0.15) is 5.10 Å². The van der Waals surface area contributed by atoms with Crippen molar-refractivity contribution in [2.45, 2.75) is 13.8 Å². The van der Waals surface area contributed by atoms with Gasteiger partial charge in [0.15, 0.2) is 0 Å². The van der Waals surface area contributed by atoms with Crippen LogP contribution in [0.2, 0.25) is 0 Å². The smallest absolute Gasteiger partial charge is 0.0597 e. The Balaban J connectivity index is 2.85. The van der Waals surface area contributed by atoms with Gasteiger partial charge >= 0.3 is 0 Å². The summed E-state index contributed by atoms with van der Waals surface area (Å²) in [5, 5.41) is 6.83. The molecule has 1 aromatic rings. The number of aromatic amines is 1. The molecular weight excluding hydrogens is 112 g/mol. The molecule has 0 atom stereocenters. The first kappa shape index (κ1) is 6.08. The number of H-pyrrole nitrogens is 1. The molecule has 2 heteroatoms. The van der Waals surface area contributed by atoms with Crippen molar-refractivity contribution >= 4 is 6.08 Å². The van der Waals surface area contributed by atoms with Gasteiger partial charge in [-0.3, -0.25) is 5.10 Å². The van der Waals surface area contributed by atoms with Crippen molar-refractivity contribution in [1.29, 1.82) is 0 Å². The number of nitrogens with zero attached hydrogens (tertiary/aromatic N) is 1. The van der Waals surface area contributed by atoms with Gasteiger partial charge in [-0.1, -0.05) is 6.08 Å². The average Bonchev–Trinajstić information content (AvgIpc) is 2.17. The van der Waals surface area contributed by atoms with Crippen LogP contribution in [0, 0.1) is 6.92 Å². The van der Waals surface area contributed by atoms with E-state index in [1.807, 2.05) is 32.1 Å². The molecule has 1 rings (SSSR count). The Hall–Kier alpha value is -1.05. The van der Waals surface area contributed by atoms with Crippen molar-refractivity contribution in [1.82, 2.24) is 10.2 Å². The van der Waals surface area contributed by atoms with Gasteiger partial charge in [-0.25, -0.2) is 0 Å². The minimum absolute atomic E-state index is 1.03. The average molecular weight is 122 g/mol. The molecule has 0 spiro atoms. The summed E-state index contributed by atoms with van der Waals surface area (Å²) >= 11 is 0. The van der Waals surface area contributed by atoms with Gasteiger partial charge in [0.05, 0.1) is 11.4 Å². The van der Waals surface area contributed by atoms with E-state index in [1.165, 1.54) is 0 Å². The maximum Gasteiger partial charge on any atom is 0.0597 e. The van der Waals surface area contributed by atoms with Crippen LogP contribution in [0.15, 0.2) is 12.1 Å². The van der Waals surface area contributed by atoms with Crippen molar-refractivity contribution in [2.24, 2.45) is 0 Å². The number of rotatable bonds is 1. The predicted octanol–water partition coefficient (Wildman–Crippen LogP) is 1.75. The molecule has 0 fully saturated rings. The summed E-state index contributed by atoms with van der Waals surface area (Å²) in [6.07, 6.45) is 3.97. The molecule has 1 heterocycles. The minimum atomic E-state index is 1.03. The Morgan fingerprint density at radius 3 is 2.89 bits per heavy atom. The third-order valence-corrected chi connectivity index (χ3v) is 1.07. The Labute approximate surface area is 54.6 Å². The maximum absolute atomic E-state index is 3.96. The molecule has 2 nitrogen and oxygen atoms in total. The quantitative estimate of drug-likeness (QED) is 0.604. The van der Waals surface area contributed by atoms with Gasteiger partial charge in [0.25, 0.3) is 0 Å². The molecule has 9 heavy (non-hydrogen) atoms. The zero-order valence-electron chi connectivity index (χ0n) is 5.68. The van der Waals surface area contributed by atoms with Gasteiger partial charge in [0, 0.05) is 0 Å². The third-order valence-electron chi connectivity index (χ3n) is 1.07. The molecule has 0 saturated heterocycles. The summed E-state index contributed by atoms with van der Waals surface area (Å²) < 4.78 is 0. The molecule has 0 saturated carbocycles. The highest BCUT2D eigenvalue weighted by Gasteiger charge is 1.88. The lowest BCUT2D eigenvalue weighted by Crippen LogP contribution is -1.69. The van der Waals surface area contributed by atoms with Crippen molar-refractivity contribution in [3.8, 4) is 0 Å². The van der Waals surface area contributed by atoms with E-state index in [1.54, 1.807) is 0 Å². The summed E-state index contributed by atoms with van der Waals surface area (Å²) in [5.41, 5.74) is 2.10. The standard InChI is InChI=1S/C7H10N2/c1-3-4-7-5-6(2)8-9-7/h3-5H,1-2H3,(H,8,9)/b4-3+.